The maximum Gasteiger partial charge on any atom is 0.358 e. The molecule has 3 aromatic rings. The molecule has 1 aliphatic heterocycles. The minimum absolute atomic E-state index is 0.0412. The van der Waals surface area contributed by atoms with Gasteiger partial charge in [0.25, 0.3) is 5.91 Å². The third kappa shape index (κ3) is 4.31. The molecule has 1 N–H and O–H groups in total. The van der Waals surface area contributed by atoms with Gasteiger partial charge in [0, 0.05) is 18.3 Å². The topological polar surface area (TPSA) is 93.5 Å². The number of carbonyl (C=O) groups is 3. The van der Waals surface area contributed by atoms with Gasteiger partial charge in [-0.25, -0.2) is 4.79 Å². The number of aryl methyl sites for hydroxylation is 2. The number of hydrogen-bond acceptors (Lipinski definition) is 5. The van der Waals surface area contributed by atoms with E-state index in [0.29, 0.717) is 12.2 Å². The van der Waals surface area contributed by atoms with E-state index >= 15 is 0 Å². The Kier molecular flexibility index (Phi) is 6.24. The summed E-state index contributed by atoms with van der Waals surface area (Å²) in [6.07, 6.45) is 0. The van der Waals surface area contributed by atoms with Crippen molar-refractivity contribution in [1.82, 2.24) is 15.1 Å². The van der Waals surface area contributed by atoms with Crippen molar-refractivity contribution in [2.75, 3.05) is 11.5 Å². The number of hydrogen-bond donors (Lipinski definition) is 1. The van der Waals surface area contributed by atoms with Crippen molar-refractivity contribution in [3.63, 3.8) is 0 Å². The average Bonchev–Trinajstić information content (AvgIpc) is 3.22. The first-order chi connectivity index (χ1) is 16.2. The Morgan fingerprint density at radius 3 is 2.41 bits per heavy atom. The van der Waals surface area contributed by atoms with Gasteiger partial charge in [-0.15, -0.1) is 0 Å². The molecule has 0 fully saturated rings. The zero-order valence-electron chi connectivity index (χ0n) is 19.8. The molecular formula is C26H28N4O4. The highest BCUT2D eigenvalue weighted by Crippen LogP contribution is 2.34. The van der Waals surface area contributed by atoms with E-state index in [1.807, 2.05) is 62.4 Å². The van der Waals surface area contributed by atoms with Gasteiger partial charge >= 0.3 is 5.97 Å². The molecule has 8 nitrogen and oxygen atoms in total. The molecule has 34 heavy (non-hydrogen) atoms. The van der Waals surface area contributed by atoms with E-state index in [-0.39, 0.29) is 30.4 Å². The Balaban J connectivity index is 1.76. The molecule has 2 aromatic carbocycles. The van der Waals surface area contributed by atoms with Crippen molar-refractivity contribution < 1.29 is 19.1 Å². The van der Waals surface area contributed by atoms with E-state index in [4.69, 9.17) is 4.74 Å². The highest BCUT2D eigenvalue weighted by atomic mass is 16.5. The molecule has 176 valence electrons. The Labute approximate surface area is 198 Å². The lowest BCUT2D eigenvalue weighted by molar-refractivity contribution is -0.126. The predicted octanol–water partition coefficient (Wildman–Crippen LogP) is 3.41. The fourth-order valence-corrected chi connectivity index (χ4v) is 4.34. The molecule has 8 heteroatoms. The maximum atomic E-state index is 13.8. The van der Waals surface area contributed by atoms with Crippen molar-refractivity contribution in [3.8, 4) is 0 Å². The van der Waals surface area contributed by atoms with E-state index < -0.39 is 17.4 Å². The number of benzene rings is 2. The zero-order chi connectivity index (χ0) is 24.5. The van der Waals surface area contributed by atoms with E-state index in [0.717, 1.165) is 16.7 Å². The lowest BCUT2D eigenvalue weighted by Crippen LogP contribution is -2.64. The van der Waals surface area contributed by atoms with Gasteiger partial charge in [0.1, 0.15) is 11.2 Å². The molecule has 1 atom stereocenters. The zero-order valence-corrected chi connectivity index (χ0v) is 19.8. The molecule has 1 aliphatic rings. The van der Waals surface area contributed by atoms with Crippen LogP contribution < -0.4 is 10.2 Å². The average molecular weight is 461 g/mol. The van der Waals surface area contributed by atoms with Gasteiger partial charge in [-0.05, 0) is 56.5 Å². The Hall–Kier alpha value is -3.94. The van der Waals surface area contributed by atoms with Gasteiger partial charge in [-0.1, -0.05) is 36.4 Å². The Bertz CT molecular complexity index is 1230. The summed E-state index contributed by atoms with van der Waals surface area (Å²) in [6, 6.07) is 16.8. The van der Waals surface area contributed by atoms with Crippen molar-refractivity contribution in [2.45, 2.75) is 46.3 Å². The van der Waals surface area contributed by atoms with Crippen molar-refractivity contribution in [2.24, 2.45) is 0 Å². The number of nitrogens with zero attached hydrogens (tertiary/aromatic N) is 3. The van der Waals surface area contributed by atoms with E-state index in [1.165, 1.54) is 15.6 Å². The highest BCUT2D eigenvalue weighted by molar-refractivity contribution is 6.12. The fraction of sp³-hybridized carbons (Fsp3) is 0.308. The lowest BCUT2D eigenvalue weighted by Gasteiger charge is -2.43. The van der Waals surface area contributed by atoms with E-state index in [9.17, 15) is 14.4 Å². The second-order valence-corrected chi connectivity index (χ2v) is 8.72. The number of anilines is 1. The molecule has 0 saturated heterocycles. The quantitative estimate of drug-likeness (QED) is 0.569. The van der Waals surface area contributed by atoms with Crippen LogP contribution in [0.4, 0.5) is 5.69 Å². The van der Waals surface area contributed by atoms with Gasteiger partial charge in [0.2, 0.25) is 5.91 Å². The molecule has 2 amide bonds. The summed E-state index contributed by atoms with van der Waals surface area (Å²) >= 11 is 0. The van der Waals surface area contributed by atoms with Crippen LogP contribution in [-0.4, -0.2) is 39.7 Å². The Morgan fingerprint density at radius 1 is 1.09 bits per heavy atom. The van der Waals surface area contributed by atoms with Gasteiger partial charge < -0.3 is 10.1 Å². The molecular weight excluding hydrogens is 432 g/mol. The third-order valence-electron chi connectivity index (χ3n) is 5.89. The first-order valence-corrected chi connectivity index (χ1v) is 11.2. The standard InChI is InChI=1S/C26H28N4O4/c1-5-34-24(32)21-14-22-23(31)30(20-12-17(2)11-18(3)13-20)26(4,16-29(22)28-21)25(33)27-15-19-9-7-6-8-10-19/h6-14H,5,15-16H2,1-4H3,(H,27,33). The van der Waals surface area contributed by atoms with Gasteiger partial charge in [0.15, 0.2) is 5.69 Å². The van der Waals surface area contributed by atoms with Crippen LogP contribution in [0.5, 0.6) is 0 Å². The summed E-state index contributed by atoms with van der Waals surface area (Å²) in [5, 5.41) is 7.27. The second-order valence-electron chi connectivity index (χ2n) is 8.72. The molecule has 0 saturated carbocycles. The van der Waals surface area contributed by atoms with Gasteiger partial charge in [-0.3, -0.25) is 19.2 Å². The first-order valence-electron chi connectivity index (χ1n) is 11.2. The van der Waals surface area contributed by atoms with Crippen LogP contribution in [0.25, 0.3) is 0 Å². The van der Waals surface area contributed by atoms with Crippen LogP contribution in [0, 0.1) is 13.8 Å². The number of amides is 2. The van der Waals surface area contributed by atoms with E-state index in [2.05, 4.69) is 10.4 Å². The number of rotatable bonds is 6. The van der Waals surface area contributed by atoms with Gasteiger partial charge in [0.05, 0.1) is 13.2 Å². The third-order valence-corrected chi connectivity index (χ3v) is 5.89. The summed E-state index contributed by atoms with van der Waals surface area (Å²) in [6.45, 7) is 7.92. The summed E-state index contributed by atoms with van der Waals surface area (Å²) < 4.78 is 6.48. The summed E-state index contributed by atoms with van der Waals surface area (Å²) in [4.78, 5) is 41.1. The van der Waals surface area contributed by atoms with Crippen LogP contribution in [0.1, 0.15) is 51.5 Å². The van der Waals surface area contributed by atoms with Gasteiger partial charge in [-0.2, -0.15) is 5.10 Å². The summed E-state index contributed by atoms with van der Waals surface area (Å²) in [5.74, 6) is -1.33. The minimum Gasteiger partial charge on any atom is -0.461 e. The number of fused-ring (bicyclic) bond motifs is 1. The first kappa shape index (κ1) is 23.2. The number of ether oxygens (including phenoxy) is 1. The predicted molar refractivity (Wildman–Crippen MR) is 128 cm³/mol. The van der Waals surface area contributed by atoms with Crippen molar-refractivity contribution in [1.29, 1.82) is 0 Å². The number of carbonyl (C=O) groups excluding carboxylic acids is 3. The largest absolute Gasteiger partial charge is 0.461 e. The number of aromatic nitrogens is 2. The summed E-state index contributed by atoms with van der Waals surface area (Å²) in [7, 11) is 0. The maximum absolute atomic E-state index is 13.8. The van der Waals surface area contributed by atoms with Crippen molar-refractivity contribution >= 4 is 23.5 Å². The van der Waals surface area contributed by atoms with Crippen LogP contribution in [0.3, 0.4) is 0 Å². The smallest absolute Gasteiger partial charge is 0.358 e. The molecule has 1 unspecified atom stereocenters. The monoisotopic (exact) mass is 460 g/mol. The van der Waals surface area contributed by atoms with Crippen LogP contribution >= 0.6 is 0 Å². The molecule has 0 radical (unpaired) electrons. The molecule has 0 spiro atoms. The molecule has 0 aliphatic carbocycles. The van der Waals surface area contributed by atoms with Crippen molar-refractivity contribution in [3.05, 3.63) is 82.7 Å². The SMILES string of the molecule is CCOC(=O)c1cc2n(n1)CC(C)(C(=O)NCc1ccccc1)N(c1cc(C)cc(C)c1)C2=O. The fourth-order valence-electron chi connectivity index (χ4n) is 4.34. The molecule has 4 rings (SSSR count). The van der Waals surface area contributed by atoms with Crippen LogP contribution in [0.15, 0.2) is 54.6 Å². The number of nitrogens with one attached hydrogen (secondary N) is 1. The van der Waals surface area contributed by atoms with E-state index in [1.54, 1.807) is 13.8 Å². The highest BCUT2D eigenvalue weighted by Gasteiger charge is 2.49. The normalized spacial score (nSPS) is 17.3. The molecule has 2 heterocycles. The number of esters is 1. The lowest BCUT2D eigenvalue weighted by atomic mass is 9.93. The second kappa shape index (κ2) is 9.13. The van der Waals surface area contributed by atoms with Crippen LogP contribution in [0.2, 0.25) is 0 Å². The molecule has 0 bridgehead atoms. The van der Waals surface area contributed by atoms with Crippen LogP contribution in [-0.2, 0) is 22.6 Å². The summed E-state index contributed by atoms with van der Waals surface area (Å²) in [5.41, 5.74) is 2.50. The minimum atomic E-state index is -1.28. The Morgan fingerprint density at radius 2 is 1.76 bits per heavy atom. The molecule has 1 aromatic heterocycles.